The number of hydrogen-bond acceptors (Lipinski definition) is 7. The highest BCUT2D eigenvalue weighted by atomic mass is 16.5. The maximum atomic E-state index is 9.81. The van der Waals surface area contributed by atoms with Crippen LogP contribution in [0.4, 0.5) is 5.69 Å². The Bertz CT molecular complexity index is 688. The first-order valence-corrected chi connectivity index (χ1v) is 6.79. The number of fused-ring (bicyclic) bond motifs is 1. The van der Waals surface area contributed by atoms with Crippen LogP contribution < -0.4 is 10.8 Å². The number of nitrogens with one attached hydrogen (secondary N) is 3. The van der Waals surface area contributed by atoms with Gasteiger partial charge in [-0.2, -0.15) is 5.10 Å². The van der Waals surface area contributed by atoms with Gasteiger partial charge in [-0.1, -0.05) is 0 Å². The fourth-order valence-electron chi connectivity index (χ4n) is 2.48. The quantitative estimate of drug-likeness (QED) is 0.246. The van der Waals surface area contributed by atoms with Crippen LogP contribution in [0.2, 0.25) is 0 Å². The summed E-state index contributed by atoms with van der Waals surface area (Å²) >= 11 is 0. The number of rotatable bonds is 4. The first-order chi connectivity index (χ1) is 10.6. The molecule has 118 valence electrons. The number of aliphatic hydroxyl groups is 2. The zero-order valence-corrected chi connectivity index (χ0v) is 11.6. The first-order valence-electron chi connectivity index (χ1n) is 6.79. The van der Waals surface area contributed by atoms with Gasteiger partial charge in [0.1, 0.15) is 18.3 Å². The highest BCUT2D eigenvalue weighted by Crippen LogP contribution is 2.23. The van der Waals surface area contributed by atoms with E-state index in [1.807, 2.05) is 6.07 Å². The number of nitrogens with zero attached hydrogens (tertiary/aromatic N) is 2. The van der Waals surface area contributed by atoms with Gasteiger partial charge in [-0.3, -0.25) is 16.1 Å². The molecule has 0 aromatic carbocycles. The van der Waals surface area contributed by atoms with Crippen molar-refractivity contribution in [3.8, 4) is 0 Å². The van der Waals surface area contributed by atoms with Gasteiger partial charge in [0, 0.05) is 12.7 Å². The number of hydroxylamine groups is 1. The summed E-state index contributed by atoms with van der Waals surface area (Å²) in [5.74, 6) is -0.202. The van der Waals surface area contributed by atoms with E-state index >= 15 is 0 Å². The van der Waals surface area contributed by atoms with Gasteiger partial charge in [0.15, 0.2) is 5.84 Å². The largest absolute Gasteiger partial charge is 0.388 e. The number of anilines is 1. The molecule has 6 N–H and O–H groups in total. The van der Waals surface area contributed by atoms with Gasteiger partial charge in [-0.05, 0) is 12.1 Å². The first kappa shape index (κ1) is 14.7. The molecule has 3 heterocycles. The molecule has 1 aliphatic heterocycles. The van der Waals surface area contributed by atoms with Gasteiger partial charge < -0.3 is 20.3 Å². The minimum atomic E-state index is -0.962. The van der Waals surface area contributed by atoms with E-state index in [0.29, 0.717) is 16.8 Å². The third-order valence-electron chi connectivity index (χ3n) is 3.68. The maximum Gasteiger partial charge on any atom is 0.153 e. The summed E-state index contributed by atoms with van der Waals surface area (Å²) in [6.07, 6.45) is 0.792. The van der Waals surface area contributed by atoms with Crippen LogP contribution in [-0.2, 0) is 4.74 Å². The van der Waals surface area contributed by atoms with Gasteiger partial charge in [0.25, 0.3) is 0 Å². The topological polar surface area (TPSA) is 135 Å². The molecule has 2 aromatic rings. The molecule has 9 nitrogen and oxygen atoms in total. The highest BCUT2D eigenvalue weighted by Gasteiger charge is 2.34. The van der Waals surface area contributed by atoms with Gasteiger partial charge >= 0.3 is 0 Å². The lowest BCUT2D eigenvalue weighted by atomic mass is 10.1. The number of aliphatic hydroxyl groups excluding tert-OH is 2. The monoisotopic (exact) mass is 307 g/mol. The van der Waals surface area contributed by atoms with Crippen molar-refractivity contribution in [1.82, 2.24) is 15.1 Å². The van der Waals surface area contributed by atoms with Crippen molar-refractivity contribution in [2.24, 2.45) is 0 Å². The van der Waals surface area contributed by atoms with Crippen molar-refractivity contribution in [2.45, 2.75) is 18.3 Å². The molecule has 0 aliphatic carbocycles. The van der Waals surface area contributed by atoms with E-state index < -0.39 is 18.3 Å². The smallest absolute Gasteiger partial charge is 0.153 e. The molecule has 3 rings (SSSR count). The molecule has 0 saturated carbocycles. The number of ether oxygens (including phenoxy) is 1. The van der Waals surface area contributed by atoms with Crippen molar-refractivity contribution in [2.75, 3.05) is 18.5 Å². The predicted octanol–water partition coefficient (Wildman–Crippen LogP) is -0.829. The van der Waals surface area contributed by atoms with Crippen LogP contribution in [-0.4, -0.2) is 62.3 Å². The van der Waals surface area contributed by atoms with E-state index in [9.17, 15) is 10.2 Å². The Morgan fingerprint density at radius 3 is 3.00 bits per heavy atom. The Kier molecular flexibility index (Phi) is 3.94. The molecule has 0 amide bonds. The lowest BCUT2D eigenvalue weighted by Crippen LogP contribution is -2.35. The Hall–Kier alpha value is -2.20. The number of hydrogen-bond donors (Lipinski definition) is 6. The average molecular weight is 307 g/mol. The molecule has 9 heteroatoms. The minimum absolute atomic E-state index is 0.0886. The second-order valence-electron chi connectivity index (χ2n) is 5.07. The van der Waals surface area contributed by atoms with Gasteiger partial charge in [0.05, 0.1) is 29.6 Å². The molecule has 1 saturated heterocycles. The fourth-order valence-corrected chi connectivity index (χ4v) is 2.48. The Labute approximate surface area is 125 Å². The summed E-state index contributed by atoms with van der Waals surface area (Å²) in [6.45, 7) is 0.333. The van der Waals surface area contributed by atoms with Gasteiger partial charge in [-0.15, -0.1) is 0 Å². The summed E-state index contributed by atoms with van der Waals surface area (Å²) in [5.41, 5.74) is 3.46. The van der Waals surface area contributed by atoms with Crippen molar-refractivity contribution in [3.05, 3.63) is 30.1 Å². The highest BCUT2D eigenvalue weighted by molar-refractivity contribution is 6.03. The number of amidine groups is 1. The van der Waals surface area contributed by atoms with Crippen molar-refractivity contribution >= 4 is 17.0 Å². The van der Waals surface area contributed by atoms with Crippen LogP contribution in [0.5, 0.6) is 0 Å². The van der Waals surface area contributed by atoms with E-state index in [0.717, 1.165) is 0 Å². The van der Waals surface area contributed by atoms with Crippen LogP contribution >= 0.6 is 0 Å². The van der Waals surface area contributed by atoms with Gasteiger partial charge in [0.2, 0.25) is 0 Å². The summed E-state index contributed by atoms with van der Waals surface area (Å²) in [4.78, 5) is 0. The predicted molar refractivity (Wildman–Crippen MR) is 77.2 cm³/mol. The second-order valence-corrected chi connectivity index (χ2v) is 5.07. The zero-order chi connectivity index (χ0) is 15.7. The third kappa shape index (κ3) is 2.50. The van der Waals surface area contributed by atoms with Crippen LogP contribution in [0, 0.1) is 5.41 Å². The molecular formula is C13H17N5O4. The van der Waals surface area contributed by atoms with Crippen LogP contribution in [0.3, 0.4) is 0 Å². The van der Waals surface area contributed by atoms with E-state index in [2.05, 4.69) is 10.4 Å². The molecule has 3 atom stereocenters. The summed E-state index contributed by atoms with van der Waals surface area (Å²) in [6, 6.07) is 3.61. The minimum Gasteiger partial charge on any atom is -0.388 e. The van der Waals surface area contributed by atoms with Crippen LogP contribution in [0.1, 0.15) is 5.56 Å². The maximum absolute atomic E-state index is 9.81. The summed E-state index contributed by atoms with van der Waals surface area (Å²) in [7, 11) is 0. The molecule has 1 aliphatic rings. The molecule has 0 radical (unpaired) electrons. The second kappa shape index (κ2) is 5.89. The van der Waals surface area contributed by atoms with Crippen LogP contribution in [0.25, 0.3) is 5.52 Å². The van der Waals surface area contributed by atoms with E-state index in [4.69, 9.17) is 15.4 Å². The molecule has 2 aromatic heterocycles. The summed E-state index contributed by atoms with van der Waals surface area (Å²) in [5, 5.41) is 43.2. The standard InChI is InChI=1S/C13H17N5O4/c14-13(17-21)7-4-16-18-3-1-2-8(18)11(7)15-5-10-12(20)9(19)6-22-10/h1-4,9-10,12,15,19-21H,5-6H2,(H2,14,17). The lowest BCUT2D eigenvalue weighted by Gasteiger charge is -2.18. The molecule has 1 fully saturated rings. The zero-order valence-electron chi connectivity index (χ0n) is 11.6. The lowest BCUT2D eigenvalue weighted by molar-refractivity contribution is 0.0293. The Morgan fingerprint density at radius 2 is 2.32 bits per heavy atom. The number of aromatic nitrogens is 2. The summed E-state index contributed by atoms with van der Waals surface area (Å²) < 4.78 is 6.94. The van der Waals surface area contributed by atoms with E-state index in [-0.39, 0.29) is 19.0 Å². The van der Waals surface area contributed by atoms with E-state index in [1.54, 1.807) is 22.3 Å². The molecule has 3 unspecified atom stereocenters. The normalized spacial score (nSPS) is 24.6. The third-order valence-corrected chi connectivity index (χ3v) is 3.68. The van der Waals surface area contributed by atoms with Gasteiger partial charge in [-0.25, -0.2) is 4.52 Å². The average Bonchev–Trinajstić information content (AvgIpc) is 3.12. The molecule has 0 spiro atoms. The van der Waals surface area contributed by atoms with Crippen molar-refractivity contribution in [1.29, 1.82) is 5.41 Å². The van der Waals surface area contributed by atoms with Crippen molar-refractivity contribution in [3.63, 3.8) is 0 Å². The molecule has 22 heavy (non-hydrogen) atoms. The SMILES string of the molecule is N=C(NO)c1cnn2cccc2c1NCC1OCC(O)C1O. The van der Waals surface area contributed by atoms with E-state index in [1.165, 1.54) is 6.20 Å². The fraction of sp³-hybridized carbons (Fsp3) is 0.385. The Balaban J connectivity index is 1.88. The Morgan fingerprint density at radius 1 is 1.50 bits per heavy atom. The van der Waals surface area contributed by atoms with Crippen molar-refractivity contribution < 1.29 is 20.2 Å². The molecule has 0 bridgehead atoms. The van der Waals surface area contributed by atoms with Crippen LogP contribution in [0.15, 0.2) is 24.5 Å². The molecular weight excluding hydrogens is 290 g/mol.